The number of carbonyl (C=O) groups excluding carboxylic acids is 2. The Morgan fingerprint density at radius 3 is 2.31 bits per heavy atom. The third-order valence-corrected chi connectivity index (χ3v) is 2.22. The van der Waals surface area contributed by atoms with E-state index >= 15 is 0 Å². The summed E-state index contributed by atoms with van der Waals surface area (Å²) in [7, 11) is 0. The van der Waals surface area contributed by atoms with Gasteiger partial charge in [-0.25, -0.2) is 0 Å². The number of carbonyl (C=O) groups is 2. The van der Waals surface area contributed by atoms with Crippen LogP contribution >= 0.6 is 0 Å². The van der Waals surface area contributed by atoms with E-state index in [0.717, 1.165) is 17.6 Å². The highest BCUT2D eigenvalue weighted by Gasteiger charge is 2.24. The van der Waals surface area contributed by atoms with E-state index in [2.05, 4.69) is 0 Å². The molecule has 0 aromatic heterocycles. The van der Waals surface area contributed by atoms with Crippen molar-refractivity contribution in [3.05, 3.63) is 22.9 Å². The van der Waals surface area contributed by atoms with Crippen molar-refractivity contribution in [1.82, 2.24) is 0 Å². The van der Waals surface area contributed by atoms with Gasteiger partial charge in [0.25, 0.3) is 0 Å². The Kier molecular flexibility index (Phi) is 2.66. The van der Waals surface area contributed by atoms with E-state index in [4.69, 9.17) is 5.73 Å². The Morgan fingerprint density at radius 1 is 1.23 bits per heavy atom. The van der Waals surface area contributed by atoms with Crippen LogP contribution in [0.1, 0.15) is 26.7 Å². The first kappa shape index (κ1) is 9.71. The molecule has 1 rings (SSSR count). The predicted octanol–water partition coefficient (Wildman–Crippen LogP) is 1.10. The lowest BCUT2D eigenvalue weighted by molar-refractivity contribution is -0.131. The van der Waals surface area contributed by atoms with Crippen molar-refractivity contribution in [3.8, 4) is 0 Å². The summed E-state index contributed by atoms with van der Waals surface area (Å²) in [6.45, 7) is 3.87. The van der Waals surface area contributed by atoms with Gasteiger partial charge in [-0.3, -0.25) is 9.59 Å². The number of rotatable bonds is 2. The highest BCUT2D eigenvalue weighted by atomic mass is 16.2. The second kappa shape index (κ2) is 3.56. The van der Waals surface area contributed by atoms with Crippen LogP contribution in [0.15, 0.2) is 22.9 Å². The molecule has 0 spiro atoms. The molecule has 0 amide bonds. The zero-order valence-electron chi connectivity index (χ0n) is 7.89. The van der Waals surface area contributed by atoms with E-state index < -0.39 is 11.6 Å². The summed E-state index contributed by atoms with van der Waals surface area (Å²) in [4.78, 5) is 22.3. The first-order valence-electron chi connectivity index (χ1n) is 4.40. The van der Waals surface area contributed by atoms with Gasteiger partial charge in [-0.05, 0) is 30.1 Å². The molecule has 0 atom stereocenters. The third kappa shape index (κ3) is 1.54. The number of nitrogens with two attached hydrogens (primary N) is 1. The van der Waals surface area contributed by atoms with Crippen LogP contribution in [-0.4, -0.2) is 11.6 Å². The van der Waals surface area contributed by atoms with Crippen LogP contribution in [0.5, 0.6) is 0 Å². The smallest absolute Gasteiger partial charge is 0.248 e. The lowest BCUT2D eigenvalue weighted by atomic mass is 9.90. The zero-order chi connectivity index (χ0) is 10.0. The van der Waals surface area contributed by atoms with Crippen molar-refractivity contribution in [1.29, 1.82) is 0 Å². The number of allylic oxidation sites excluding steroid dienone is 4. The summed E-state index contributed by atoms with van der Waals surface area (Å²) >= 11 is 0. The molecule has 0 saturated carbocycles. The van der Waals surface area contributed by atoms with Crippen molar-refractivity contribution in [2.45, 2.75) is 26.7 Å². The largest absolute Gasteiger partial charge is 0.395 e. The molecule has 0 saturated heterocycles. The van der Waals surface area contributed by atoms with E-state index in [1.54, 1.807) is 0 Å². The Balaban J connectivity index is 3.19. The van der Waals surface area contributed by atoms with Crippen LogP contribution in [0.3, 0.4) is 0 Å². The highest BCUT2D eigenvalue weighted by Crippen LogP contribution is 2.23. The molecule has 3 heteroatoms. The van der Waals surface area contributed by atoms with Crippen molar-refractivity contribution < 1.29 is 9.59 Å². The molecule has 2 N–H and O–H groups in total. The molecule has 0 bridgehead atoms. The maximum atomic E-state index is 11.2. The van der Waals surface area contributed by atoms with Crippen molar-refractivity contribution in [2.75, 3.05) is 0 Å². The Hall–Kier alpha value is -1.38. The van der Waals surface area contributed by atoms with E-state index in [0.29, 0.717) is 6.42 Å². The fraction of sp³-hybridized carbons (Fsp3) is 0.400. The second-order valence-electron chi connectivity index (χ2n) is 2.96. The molecule has 0 unspecified atom stereocenters. The maximum absolute atomic E-state index is 11.2. The lowest BCUT2D eigenvalue weighted by Crippen LogP contribution is -2.26. The van der Waals surface area contributed by atoms with Crippen LogP contribution in [0, 0.1) is 0 Å². The van der Waals surface area contributed by atoms with Crippen molar-refractivity contribution in [2.24, 2.45) is 5.73 Å². The molecule has 0 fully saturated rings. The minimum atomic E-state index is -0.561. The van der Waals surface area contributed by atoms with E-state index in [9.17, 15) is 9.59 Å². The first-order chi connectivity index (χ1) is 6.11. The van der Waals surface area contributed by atoms with Gasteiger partial charge in [-0.1, -0.05) is 13.8 Å². The summed E-state index contributed by atoms with van der Waals surface area (Å²) < 4.78 is 0. The van der Waals surface area contributed by atoms with Crippen molar-refractivity contribution >= 4 is 11.6 Å². The fourth-order valence-electron chi connectivity index (χ4n) is 1.49. The summed E-state index contributed by atoms with van der Waals surface area (Å²) in [5.74, 6) is -1.05. The van der Waals surface area contributed by atoms with Crippen LogP contribution in [-0.2, 0) is 9.59 Å². The first-order valence-corrected chi connectivity index (χ1v) is 4.40. The van der Waals surface area contributed by atoms with Crippen LogP contribution in [0.2, 0.25) is 0 Å². The van der Waals surface area contributed by atoms with Gasteiger partial charge in [0.15, 0.2) is 0 Å². The summed E-state index contributed by atoms with van der Waals surface area (Å²) in [5.41, 5.74) is 7.41. The topological polar surface area (TPSA) is 60.2 Å². The van der Waals surface area contributed by atoms with Crippen molar-refractivity contribution in [3.63, 3.8) is 0 Å². The average molecular weight is 179 g/mol. The van der Waals surface area contributed by atoms with Gasteiger partial charge in [-0.15, -0.1) is 0 Å². The van der Waals surface area contributed by atoms with E-state index in [1.807, 2.05) is 13.8 Å². The lowest BCUT2D eigenvalue weighted by Gasteiger charge is -2.15. The van der Waals surface area contributed by atoms with Gasteiger partial charge >= 0.3 is 0 Å². The van der Waals surface area contributed by atoms with Gasteiger partial charge in [0.1, 0.15) is 0 Å². The SMILES string of the molecule is CCC1=CC(=O)C(=O)C(N)=C1CC. The summed E-state index contributed by atoms with van der Waals surface area (Å²) in [5, 5.41) is 0. The number of ketones is 2. The van der Waals surface area contributed by atoms with Crippen LogP contribution in [0.4, 0.5) is 0 Å². The maximum Gasteiger partial charge on any atom is 0.248 e. The molecule has 0 aliphatic heterocycles. The monoisotopic (exact) mass is 179 g/mol. The van der Waals surface area contributed by atoms with Gasteiger partial charge in [-0.2, -0.15) is 0 Å². The molecule has 1 aliphatic rings. The third-order valence-electron chi connectivity index (χ3n) is 2.22. The molecule has 0 radical (unpaired) electrons. The Labute approximate surface area is 77.3 Å². The molecule has 3 nitrogen and oxygen atoms in total. The van der Waals surface area contributed by atoms with Gasteiger partial charge < -0.3 is 5.73 Å². The minimum absolute atomic E-state index is 0.131. The number of hydrogen-bond donors (Lipinski definition) is 1. The van der Waals surface area contributed by atoms with Gasteiger partial charge in [0.2, 0.25) is 11.6 Å². The minimum Gasteiger partial charge on any atom is -0.395 e. The zero-order valence-corrected chi connectivity index (χ0v) is 7.89. The van der Waals surface area contributed by atoms with E-state index in [-0.39, 0.29) is 5.70 Å². The van der Waals surface area contributed by atoms with Gasteiger partial charge in [0.05, 0.1) is 5.70 Å². The summed E-state index contributed by atoms with van der Waals surface area (Å²) in [6.07, 6.45) is 2.84. The molecule has 70 valence electrons. The molecule has 1 aliphatic carbocycles. The van der Waals surface area contributed by atoms with E-state index in [1.165, 1.54) is 6.08 Å². The molecular weight excluding hydrogens is 166 g/mol. The quantitative estimate of drug-likeness (QED) is 0.510. The number of hydrogen-bond acceptors (Lipinski definition) is 3. The second-order valence-corrected chi connectivity index (χ2v) is 2.96. The molecule has 0 aromatic carbocycles. The predicted molar refractivity (Wildman–Crippen MR) is 49.9 cm³/mol. The average Bonchev–Trinajstić information content (AvgIpc) is 2.13. The molecule has 0 heterocycles. The Bertz CT molecular complexity index is 324. The standard InChI is InChI=1S/C10H13NO2/c1-3-6-5-8(12)10(13)9(11)7(6)4-2/h5H,3-4,11H2,1-2H3. The Morgan fingerprint density at radius 2 is 1.85 bits per heavy atom. The molecule has 0 aromatic rings. The van der Waals surface area contributed by atoms with Crippen LogP contribution < -0.4 is 5.73 Å². The molecule has 13 heavy (non-hydrogen) atoms. The highest BCUT2D eigenvalue weighted by molar-refractivity contribution is 6.48. The number of Topliss-reactive ketones (excluding diaryl/α,β-unsaturated/α-hetero) is 1. The summed E-state index contributed by atoms with van der Waals surface area (Å²) in [6, 6.07) is 0. The van der Waals surface area contributed by atoms with Crippen LogP contribution in [0.25, 0.3) is 0 Å². The normalized spacial score (nSPS) is 17.8. The molecular formula is C10H13NO2. The fourth-order valence-corrected chi connectivity index (χ4v) is 1.49. The van der Waals surface area contributed by atoms with Gasteiger partial charge in [0, 0.05) is 0 Å².